The summed E-state index contributed by atoms with van der Waals surface area (Å²) in [5, 5.41) is 5.54. The van der Waals surface area contributed by atoms with Gasteiger partial charge in [0.05, 0.1) is 0 Å². The van der Waals surface area contributed by atoms with Crippen LogP contribution >= 0.6 is 0 Å². The molecule has 0 spiro atoms. The number of hydrogen-bond acceptors (Lipinski definition) is 2. The van der Waals surface area contributed by atoms with E-state index in [1.807, 2.05) is 32.0 Å². The van der Waals surface area contributed by atoms with Crippen LogP contribution in [0.15, 0.2) is 42.5 Å². The number of carbonyl (C=O) groups is 2. The number of benzene rings is 2. The summed E-state index contributed by atoms with van der Waals surface area (Å²) in [6.07, 6.45) is 0. The topological polar surface area (TPSA) is 58.2 Å². The largest absolute Gasteiger partial charge is 0.323 e. The van der Waals surface area contributed by atoms with Gasteiger partial charge in [0.2, 0.25) is 0 Å². The van der Waals surface area contributed by atoms with Gasteiger partial charge in [0.25, 0.3) is 0 Å². The Morgan fingerprint density at radius 2 is 1.71 bits per heavy atom. The first-order valence-electron chi connectivity index (χ1n) is 6.72. The summed E-state index contributed by atoms with van der Waals surface area (Å²) in [6, 6.07) is 12.4. The van der Waals surface area contributed by atoms with Crippen molar-refractivity contribution in [2.75, 3.05) is 10.6 Å². The molecule has 0 radical (unpaired) electrons. The second-order valence-electron chi connectivity index (χ2n) is 5.03. The van der Waals surface area contributed by atoms with Crippen molar-refractivity contribution in [2.45, 2.75) is 20.8 Å². The normalized spacial score (nSPS) is 10.0. The third-order valence-corrected chi connectivity index (χ3v) is 3.17. The number of rotatable bonds is 3. The van der Waals surface area contributed by atoms with Gasteiger partial charge in [-0.1, -0.05) is 24.3 Å². The molecule has 0 aromatic heterocycles. The second kappa shape index (κ2) is 6.22. The van der Waals surface area contributed by atoms with Gasteiger partial charge in [-0.25, -0.2) is 4.79 Å². The van der Waals surface area contributed by atoms with E-state index in [2.05, 4.69) is 10.6 Å². The zero-order chi connectivity index (χ0) is 15.4. The summed E-state index contributed by atoms with van der Waals surface area (Å²) in [5.74, 6) is -0.0337. The van der Waals surface area contributed by atoms with Crippen LogP contribution < -0.4 is 10.6 Å². The standard InChI is InChI=1S/C17H18N2O2/c1-11-7-8-12(2)16(9-11)19-17(21)18-15-6-4-5-14(10-15)13(3)20/h4-10H,1-3H3,(H2,18,19,21). The number of carbonyl (C=O) groups excluding carboxylic acids is 2. The van der Waals surface area contributed by atoms with Gasteiger partial charge in [-0.15, -0.1) is 0 Å². The number of anilines is 2. The third-order valence-electron chi connectivity index (χ3n) is 3.17. The van der Waals surface area contributed by atoms with Gasteiger partial charge in [0, 0.05) is 16.9 Å². The van der Waals surface area contributed by atoms with Crippen molar-refractivity contribution in [1.29, 1.82) is 0 Å². The molecule has 0 atom stereocenters. The molecule has 2 amide bonds. The van der Waals surface area contributed by atoms with Crippen molar-refractivity contribution in [2.24, 2.45) is 0 Å². The van der Waals surface area contributed by atoms with E-state index in [0.717, 1.165) is 16.8 Å². The molecule has 0 aliphatic heterocycles. The molecule has 0 fully saturated rings. The maximum Gasteiger partial charge on any atom is 0.323 e. The number of urea groups is 1. The van der Waals surface area contributed by atoms with Crippen LogP contribution in [0.3, 0.4) is 0 Å². The van der Waals surface area contributed by atoms with E-state index in [0.29, 0.717) is 11.3 Å². The van der Waals surface area contributed by atoms with Crippen LogP contribution in [-0.4, -0.2) is 11.8 Å². The van der Waals surface area contributed by atoms with E-state index >= 15 is 0 Å². The molecular weight excluding hydrogens is 264 g/mol. The van der Waals surface area contributed by atoms with Gasteiger partial charge in [0.15, 0.2) is 5.78 Å². The minimum Gasteiger partial charge on any atom is -0.308 e. The quantitative estimate of drug-likeness (QED) is 0.831. The molecule has 2 N–H and O–H groups in total. The highest BCUT2D eigenvalue weighted by atomic mass is 16.2. The van der Waals surface area contributed by atoms with E-state index < -0.39 is 0 Å². The zero-order valence-corrected chi connectivity index (χ0v) is 12.4. The van der Waals surface area contributed by atoms with Crippen LogP contribution in [0.4, 0.5) is 16.2 Å². The first kappa shape index (κ1) is 14.8. The Labute approximate surface area is 124 Å². The number of amides is 2. The molecule has 0 saturated carbocycles. The van der Waals surface area contributed by atoms with Gasteiger partial charge < -0.3 is 10.6 Å². The minimum atomic E-state index is -0.329. The molecule has 2 aromatic carbocycles. The summed E-state index contributed by atoms with van der Waals surface area (Å²) >= 11 is 0. The summed E-state index contributed by atoms with van der Waals surface area (Å²) < 4.78 is 0. The van der Waals surface area contributed by atoms with E-state index in [1.165, 1.54) is 6.92 Å². The van der Waals surface area contributed by atoms with Gasteiger partial charge in [-0.05, 0) is 50.1 Å². The van der Waals surface area contributed by atoms with Crippen LogP contribution in [0.2, 0.25) is 0 Å². The van der Waals surface area contributed by atoms with Crippen molar-refractivity contribution in [3.05, 3.63) is 59.2 Å². The average Bonchev–Trinajstić information content (AvgIpc) is 2.43. The fourth-order valence-electron chi connectivity index (χ4n) is 1.97. The lowest BCUT2D eigenvalue weighted by Gasteiger charge is -2.11. The molecule has 0 heterocycles. The van der Waals surface area contributed by atoms with Crippen LogP contribution in [-0.2, 0) is 0 Å². The summed E-state index contributed by atoms with van der Waals surface area (Å²) in [5.41, 5.74) is 4.00. The molecule has 0 saturated heterocycles. The maximum atomic E-state index is 12.0. The summed E-state index contributed by atoms with van der Waals surface area (Å²) in [6.45, 7) is 5.40. The molecule has 0 aliphatic carbocycles. The third kappa shape index (κ3) is 3.92. The molecule has 2 rings (SSSR count). The molecule has 2 aromatic rings. The molecule has 4 heteroatoms. The number of nitrogens with one attached hydrogen (secondary N) is 2. The molecular formula is C17H18N2O2. The minimum absolute atomic E-state index is 0.0337. The molecule has 4 nitrogen and oxygen atoms in total. The Bertz CT molecular complexity index is 693. The maximum absolute atomic E-state index is 12.0. The summed E-state index contributed by atoms with van der Waals surface area (Å²) in [7, 11) is 0. The molecule has 21 heavy (non-hydrogen) atoms. The van der Waals surface area contributed by atoms with Crippen molar-refractivity contribution in [1.82, 2.24) is 0 Å². The monoisotopic (exact) mass is 282 g/mol. The van der Waals surface area contributed by atoms with Gasteiger partial charge in [0.1, 0.15) is 0 Å². The van der Waals surface area contributed by atoms with Crippen molar-refractivity contribution < 1.29 is 9.59 Å². The molecule has 0 aliphatic rings. The Kier molecular flexibility index (Phi) is 4.38. The average molecular weight is 282 g/mol. The molecule has 108 valence electrons. The van der Waals surface area contributed by atoms with E-state index in [9.17, 15) is 9.59 Å². The summed E-state index contributed by atoms with van der Waals surface area (Å²) in [4.78, 5) is 23.3. The number of hydrogen-bond donors (Lipinski definition) is 2. The first-order valence-corrected chi connectivity index (χ1v) is 6.72. The lowest BCUT2D eigenvalue weighted by Crippen LogP contribution is -2.20. The second-order valence-corrected chi connectivity index (χ2v) is 5.03. The first-order chi connectivity index (χ1) is 9.95. The Morgan fingerprint density at radius 3 is 2.43 bits per heavy atom. The Balaban J connectivity index is 2.10. The van der Waals surface area contributed by atoms with E-state index in [-0.39, 0.29) is 11.8 Å². The highest BCUT2D eigenvalue weighted by molar-refractivity contribution is 6.01. The fourth-order valence-corrected chi connectivity index (χ4v) is 1.97. The van der Waals surface area contributed by atoms with Gasteiger partial charge in [-0.2, -0.15) is 0 Å². The van der Waals surface area contributed by atoms with Crippen LogP contribution in [0.5, 0.6) is 0 Å². The van der Waals surface area contributed by atoms with Crippen LogP contribution in [0, 0.1) is 13.8 Å². The van der Waals surface area contributed by atoms with Crippen molar-refractivity contribution >= 4 is 23.2 Å². The van der Waals surface area contributed by atoms with Crippen molar-refractivity contribution in [3.8, 4) is 0 Å². The molecule has 0 unspecified atom stereocenters. The highest BCUT2D eigenvalue weighted by Crippen LogP contribution is 2.17. The predicted octanol–water partition coefficient (Wildman–Crippen LogP) is 4.15. The Hall–Kier alpha value is -2.62. The Morgan fingerprint density at radius 1 is 0.952 bits per heavy atom. The lowest BCUT2D eigenvalue weighted by molar-refractivity contribution is 0.101. The van der Waals surface area contributed by atoms with E-state index in [1.54, 1.807) is 24.3 Å². The fraction of sp³-hybridized carbons (Fsp3) is 0.176. The number of ketones is 1. The lowest BCUT2D eigenvalue weighted by atomic mass is 10.1. The highest BCUT2D eigenvalue weighted by Gasteiger charge is 2.06. The SMILES string of the molecule is CC(=O)c1cccc(NC(=O)Nc2cc(C)ccc2C)c1. The smallest absolute Gasteiger partial charge is 0.308 e. The molecule has 0 bridgehead atoms. The van der Waals surface area contributed by atoms with Crippen LogP contribution in [0.25, 0.3) is 0 Å². The van der Waals surface area contributed by atoms with E-state index in [4.69, 9.17) is 0 Å². The number of aryl methyl sites for hydroxylation is 2. The van der Waals surface area contributed by atoms with Gasteiger partial charge >= 0.3 is 6.03 Å². The van der Waals surface area contributed by atoms with Gasteiger partial charge in [-0.3, -0.25) is 4.79 Å². The zero-order valence-electron chi connectivity index (χ0n) is 12.4. The predicted molar refractivity (Wildman–Crippen MR) is 85.0 cm³/mol. The number of Topliss-reactive ketones (excluding diaryl/α,β-unsaturated/α-hetero) is 1. The van der Waals surface area contributed by atoms with Crippen LogP contribution in [0.1, 0.15) is 28.4 Å². The van der Waals surface area contributed by atoms with Crippen molar-refractivity contribution in [3.63, 3.8) is 0 Å².